The summed E-state index contributed by atoms with van der Waals surface area (Å²) in [4.78, 5) is 8.04. The molecule has 2 aromatic heterocycles. The van der Waals surface area contributed by atoms with Crippen LogP contribution in [-0.4, -0.2) is 15.9 Å². The Hall–Kier alpha value is -1.75. The maximum absolute atomic E-state index is 13.4. The minimum absolute atomic E-state index is 0.146. The summed E-state index contributed by atoms with van der Waals surface area (Å²) in [5.74, 6) is -1.74. The van der Waals surface area contributed by atoms with E-state index in [2.05, 4.69) is 9.97 Å². The summed E-state index contributed by atoms with van der Waals surface area (Å²) < 4.78 is 32.4. The Morgan fingerprint density at radius 2 is 2.05 bits per heavy atom. The third-order valence-corrected chi connectivity index (χ3v) is 3.35. The Labute approximate surface area is 119 Å². The van der Waals surface area contributed by atoms with E-state index in [9.17, 15) is 8.78 Å². The van der Waals surface area contributed by atoms with Gasteiger partial charge < -0.3 is 4.74 Å². The fourth-order valence-electron chi connectivity index (χ4n) is 2.20. The molecule has 104 valence electrons. The first-order valence-corrected chi connectivity index (χ1v) is 6.55. The van der Waals surface area contributed by atoms with E-state index in [0.717, 1.165) is 5.69 Å². The van der Waals surface area contributed by atoms with Crippen LogP contribution in [0.2, 0.25) is 5.15 Å². The maximum Gasteiger partial charge on any atom is 0.252 e. The molecule has 0 N–H and O–H groups in total. The molecule has 0 amide bonds. The molecule has 0 fully saturated rings. The summed E-state index contributed by atoms with van der Waals surface area (Å²) in [5.41, 5.74) is 1.26. The van der Waals surface area contributed by atoms with Crippen molar-refractivity contribution in [3.8, 4) is 11.5 Å². The molecule has 2 heterocycles. The van der Waals surface area contributed by atoms with Crippen LogP contribution in [0.3, 0.4) is 0 Å². The quantitative estimate of drug-likeness (QED) is 0.784. The normalized spacial score (nSPS) is 16.6. The Kier molecular flexibility index (Phi) is 3.30. The van der Waals surface area contributed by atoms with Gasteiger partial charge in [-0.3, -0.25) is 4.98 Å². The van der Waals surface area contributed by atoms with Gasteiger partial charge in [-0.05, 0) is 24.1 Å². The molecule has 0 aliphatic heterocycles. The molecule has 0 saturated heterocycles. The molecule has 0 saturated carbocycles. The van der Waals surface area contributed by atoms with Crippen molar-refractivity contribution in [2.75, 3.05) is 0 Å². The highest BCUT2D eigenvalue weighted by atomic mass is 35.5. The van der Waals surface area contributed by atoms with E-state index >= 15 is 0 Å². The predicted molar refractivity (Wildman–Crippen MR) is 70.5 cm³/mol. The van der Waals surface area contributed by atoms with E-state index in [0.29, 0.717) is 28.6 Å². The molecule has 0 aromatic carbocycles. The third-order valence-electron chi connectivity index (χ3n) is 3.15. The lowest BCUT2D eigenvalue weighted by atomic mass is 9.93. The smallest absolute Gasteiger partial charge is 0.252 e. The summed E-state index contributed by atoms with van der Waals surface area (Å²) in [6.45, 7) is 0. The highest BCUT2D eigenvalue weighted by Crippen LogP contribution is 2.34. The largest absolute Gasteiger partial charge is 0.456 e. The SMILES string of the molecule is FC1(F)CCc2ncc(Oc3ccnc(Cl)c3)cc2C1. The molecule has 0 radical (unpaired) electrons. The molecule has 1 aliphatic carbocycles. The zero-order valence-corrected chi connectivity index (χ0v) is 11.2. The molecule has 6 heteroatoms. The van der Waals surface area contributed by atoms with Crippen molar-refractivity contribution in [3.05, 3.63) is 47.0 Å². The molecule has 2 aromatic rings. The first-order chi connectivity index (χ1) is 9.52. The van der Waals surface area contributed by atoms with Crippen molar-refractivity contribution in [3.63, 3.8) is 0 Å². The van der Waals surface area contributed by atoms with Gasteiger partial charge in [-0.2, -0.15) is 0 Å². The second-order valence-corrected chi connectivity index (χ2v) is 5.11. The van der Waals surface area contributed by atoms with Crippen LogP contribution in [0.25, 0.3) is 0 Å². The molecule has 0 spiro atoms. The zero-order valence-electron chi connectivity index (χ0n) is 10.4. The lowest BCUT2D eigenvalue weighted by Gasteiger charge is -2.23. The van der Waals surface area contributed by atoms with Gasteiger partial charge in [0, 0.05) is 30.8 Å². The Morgan fingerprint density at radius 1 is 1.20 bits per heavy atom. The van der Waals surface area contributed by atoms with Gasteiger partial charge in [0.15, 0.2) is 0 Å². The van der Waals surface area contributed by atoms with E-state index in [1.54, 1.807) is 18.2 Å². The topological polar surface area (TPSA) is 35.0 Å². The summed E-state index contributed by atoms with van der Waals surface area (Å²) >= 11 is 5.76. The van der Waals surface area contributed by atoms with Crippen LogP contribution in [0.15, 0.2) is 30.6 Å². The number of pyridine rings is 2. The highest BCUT2D eigenvalue weighted by Gasteiger charge is 2.34. The number of alkyl halides is 2. The zero-order chi connectivity index (χ0) is 14.2. The standard InChI is InChI=1S/C14H11ClF2N2O/c15-13-6-10(2-4-18-13)20-11-5-9-7-14(16,17)3-1-12(9)19-8-11/h2,4-6,8H,1,3,7H2. The van der Waals surface area contributed by atoms with Gasteiger partial charge in [0.1, 0.15) is 16.7 Å². The Bertz CT molecular complexity index is 649. The molecule has 3 nitrogen and oxygen atoms in total. The van der Waals surface area contributed by atoms with E-state index < -0.39 is 5.92 Å². The van der Waals surface area contributed by atoms with Crippen molar-refractivity contribution >= 4 is 11.6 Å². The second kappa shape index (κ2) is 4.98. The predicted octanol–water partition coefficient (Wildman–Crippen LogP) is 4.05. The van der Waals surface area contributed by atoms with E-state index in [1.807, 2.05) is 0 Å². The van der Waals surface area contributed by atoms with E-state index in [-0.39, 0.29) is 12.8 Å². The third kappa shape index (κ3) is 2.88. The number of nitrogens with zero attached hydrogens (tertiary/aromatic N) is 2. The fourth-order valence-corrected chi connectivity index (χ4v) is 2.37. The molecule has 0 unspecified atom stereocenters. The number of rotatable bonds is 2. The monoisotopic (exact) mass is 296 g/mol. The van der Waals surface area contributed by atoms with Gasteiger partial charge in [-0.15, -0.1) is 0 Å². The number of aromatic nitrogens is 2. The number of hydrogen-bond acceptors (Lipinski definition) is 3. The molecule has 20 heavy (non-hydrogen) atoms. The minimum Gasteiger partial charge on any atom is -0.456 e. The highest BCUT2D eigenvalue weighted by molar-refractivity contribution is 6.29. The van der Waals surface area contributed by atoms with Crippen molar-refractivity contribution in [1.29, 1.82) is 0 Å². The van der Waals surface area contributed by atoms with E-state index in [4.69, 9.17) is 16.3 Å². The van der Waals surface area contributed by atoms with Crippen LogP contribution >= 0.6 is 11.6 Å². The average Bonchev–Trinajstić information content (AvgIpc) is 2.37. The van der Waals surface area contributed by atoms with Gasteiger partial charge in [0.05, 0.1) is 6.20 Å². The molecule has 0 bridgehead atoms. The van der Waals surface area contributed by atoms with Gasteiger partial charge >= 0.3 is 0 Å². The van der Waals surface area contributed by atoms with Gasteiger partial charge in [-0.1, -0.05) is 11.6 Å². The van der Waals surface area contributed by atoms with Crippen molar-refractivity contribution in [2.24, 2.45) is 0 Å². The summed E-state index contributed by atoms with van der Waals surface area (Å²) in [7, 11) is 0. The minimum atomic E-state index is -2.66. The second-order valence-electron chi connectivity index (χ2n) is 4.73. The number of fused-ring (bicyclic) bond motifs is 1. The van der Waals surface area contributed by atoms with Crippen molar-refractivity contribution in [2.45, 2.75) is 25.2 Å². The first kappa shape index (κ1) is 13.2. The number of aryl methyl sites for hydroxylation is 1. The van der Waals surface area contributed by atoms with Crippen LogP contribution in [0.1, 0.15) is 17.7 Å². The van der Waals surface area contributed by atoms with Gasteiger partial charge in [0.25, 0.3) is 5.92 Å². The van der Waals surface area contributed by atoms with Crippen molar-refractivity contribution in [1.82, 2.24) is 9.97 Å². The molecule has 0 atom stereocenters. The van der Waals surface area contributed by atoms with Gasteiger partial charge in [0.2, 0.25) is 0 Å². The van der Waals surface area contributed by atoms with Crippen LogP contribution < -0.4 is 4.74 Å². The summed E-state index contributed by atoms with van der Waals surface area (Å²) in [6.07, 6.45) is 2.91. The van der Waals surface area contributed by atoms with E-state index in [1.165, 1.54) is 12.4 Å². The molecule has 3 rings (SSSR count). The number of ether oxygens (including phenoxy) is 1. The van der Waals surface area contributed by atoms with Gasteiger partial charge in [-0.25, -0.2) is 13.8 Å². The summed E-state index contributed by atoms with van der Waals surface area (Å²) in [5, 5.41) is 0.306. The fraction of sp³-hybridized carbons (Fsp3) is 0.286. The van der Waals surface area contributed by atoms with Crippen LogP contribution in [0.5, 0.6) is 11.5 Å². The van der Waals surface area contributed by atoms with Crippen molar-refractivity contribution < 1.29 is 13.5 Å². The maximum atomic E-state index is 13.4. The average molecular weight is 297 g/mol. The van der Waals surface area contributed by atoms with Crippen LogP contribution in [-0.2, 0) is 12.8 Å². The van der Waals surface area contributed by atoms with Crippen LogP contribution in [0, 0.1) is 0 Å². The lowest BCUT2D eigenvalue weighted by molar-refractivity contribution is -0.0128. The molecule has 1 aliphatic rings. The number of hydrogen-bond donors (Lipinski definition) is 0. The first-order valence-electron chi connectivity index (χ1n) is 6.17. The Balaban J connectivity index is 1.85. The lowest BCUT2D eigenvalue weighted by Crippen LogP contribution is -2.26. The molecular weight excluding hydrogens is 286 g/mol. The number of halogens is 3. The summed E-state index contributed by atoms with van der Waals surface area (Å²) in [6, 6.07) is 4.80. The molecular formula is C14H11ClF2N2O. The van der Waals surface area contributed by atoms with Crippen LogP contribution in [0.4, 0.5) is 8.78 Å². The Morgan fingerprint density at radius 3 is 2.85 bits per heavy atom.